The van der Waals surface area contributed by atoms with E-state index in [9.17, 15) is 4.21 Å². The molecule has 0 fully saturated rings. The molecule has 0 bridgehead atoms. The van der Waals surface area contributed by atoms with Crippen molar-refractivity contribution in [2.45, 2.75) is 26.3 Å². The van der Waals surface area contributed by atoms with Crippen molar-refractivity contribution in [1.82, 2.24) is 10.3 Å². The molecule has 0 aromatic carbocycles. The molecule has 6 heteroatoms. The zero-order chi connectivity index (χ0) is 10.8. The van der Waals surface area contributed by atoms with Crippen LogP contribution < -0.4 is 4.68 Å². The highest BCUT2D eigenvalue weighted by molar-refractivity contribution is 7.91. The van der Waals surface area contributed by atoms with E-state index in [1.807, 2.05) is 24.7 Å². The second kappa shape index (κ2) is 4.08. The van der Waals surface area contributed by atoms with Crippen LogP contribution in [-0.2, 0) is 16.1 Å². The van der Waals surface area contributed by atoms with Gasteiger partial charge in [-0.05, 0) is 13.8 Å². The summed E-state index contributed by atoms with van der Waals surface area (Å²) >= 11 is 0. The van der Waals surface area contributed by atoms with Crippen LogP contribution in [0, 0.1) is 4.78 Å². The largest absolute Gasteiger partial charge is 0.253 e. The van der Waals surface area contributed by atoms with Crippen LogP contribution in [0.15, 0.2) is 6.20 Å². The first-order chi connectivity index (χ1) is 6.38. The molecule has 1 atom stereocenters. The number of aromatic amines is 1. The number of hydrogen-bond donors (Lipinski definition) is 2. The van der Waals surface area contributed by atoms with E-state index in [1.54, 1.807) is 0 Å². The standard InChI is InChI=1S/C8H16N4OS/c1-7(2)12-6-8(10-11-12)4-5-14(3,9)13/h6-7,9H,4-5H2,1-3H3/p+1. The van der Waals surface area contributed by atoms with Gasteiger partial charge in [0.1, 0.15) is 6.04 Å². The Kier molecular flexibility index (Phi) is 3.25. The molecule has 14 heavy (non-hydrogen) atoms. The maximum absolute atomic E-state index is 11.1. The summed E-state index contributed by atoms with van der Waals surface area (Å²) in [5.41, 5.74) is 0.931. The fourth-order valence-electron chi connectivity index (χ4n) is 1.03. The Morgan fingerprint density at radius 1 is 1.71 bits per heavy atom. The molecule has 0 aliphatic heterocycles. The maximum atomic E-state index is 11.1. The fraction of sp³-hybridized carbons (Fsp3) is 0.750. The molecule has 1 aromatic heterocycles. The van der Waals surface area contributed by atoms with Crippen molar-refractivity contribution >= 4 is 9.73 Å². The minimum atomic E-state index is -2.39. The zero-order valence-electron chi connectivity index (χ0n) is 8.78. The normalized spacial score (nSPS) is 15.7. The van der Waals surface area contributed by atoms with Gasteiger partial charge in [0.2, 0.25) is 0 Å². The van der Waals surface area contributed by atoms with Crippen molar-refractivity contribution in [2.75, 3.05) is 12.0 Å². The number of rotatable bonds is 4. The monoisotopic (exact) mass is 217 g/mol. The predicted octanol–water partition coefficient (Wildman–Crippen LogP) is 0.497. The SMILES string of the molecule is CC(C)[n+]1cc(CCS(C)(=N)=O)[nH]n1. The Balaban J connectivity index is 2.61. The number of aromatic nitrogens is 3. The minimum absolute atomic E-state index is 0.321. The molecule has 80 valence electrons. The second-order valence-electron chi connectivity index (χ2n) is 3.80. The van der Waals surface area contributed by atoms with Crippen LogP contribution >= 0.6 is 0 Å². The number of hydrogen-bond acceptors (Lipinski definition) is 3. The van der Waals surface area contributed by atoms with E-state index in [2.05, 4.69) is 10.3 Å². The summed E-state index contributed by atoms with van der Waals surface area (Å²) in [5, 5.41) is 6.92. The Bertz CT molecular complexity index is 393. The van der Waals surface area contributed by atoms with Gasteiger partial charge in [-0.2, -0.15) is 0 Å². The van der Waals surface area contributed by atoms with Crippen molar-refractivity contribution in [1.29, 1.82) is 4.78 Å². The zero-order valence-corrected chi connectivity index (χ0v) is 9.60. The van der Waals surface area contributed by atoms with Crippen LogP contribution in [0.2, 0.25) is 0 Å². The van der Waals surface area contributed by atoms with E-state index in [1.165, 1.54) is 6.26 Å². The molecule has 0 aliphatic rings. The van der Waals surface area contributed by atoms with Gasteiger partial charge in [-0.15, -0.1) is 9.78 Å². The summed E-state index contributed by atoms with van der Waals surface area (Å²) in [6, 6.07) is 0.321. The minimum Gasteiger partial charge on any atom is -0.253 e. The van der Waals surface area contributed by atoms with E-state index in [0.717, 1.165) is 5.69 Å². The Labute approximate surface area is 84.5 Å². The first-order valence-electron chi connectivity index (χ1n) is 4.55. The van der Waals surface area contributed by atoms with Gasteiger partial charge in [-0.1, -0.05) is 0 Å². The smallest absolute Gasteiger partial charge is 0.165 e. The first-order valence-corrected chi connectivity index (χ1v) is 6.69. The van der Waals surface area contributed by atoms with E-state index in [4.69, 9.17) is 4.78 Å². The lowest BCUT2D eigenvalue weighted by atomic mass is 10.3. The molecule has 2 N–H and O–H groups in total. The van der Waals surface area contributed by atoms with Crippen LogP contribution in [0.5, 0.6) is 0 Å². The molecular formula is C8H17N4OS+. The summed E-state index contributed by atoms with van der Waals surface area (Å²) in [7, 11) is -2.39. The lowest BCUT2D eigenvalue weighted by Gasteiger charge is -1.95. The average molecular weight is 217 g/mol. The Morgan fingerprint density at radius 3 is 2.79 bits per heavy atom. The van der Waals surface area contributed by atoms with Crippen molar-refractivity contribution in [3.8, 4) is 0 Å². The topological polar surface area (TPSA) is 73.5 Å². The number of nitrogens with one attached hydrogen (secondary N) is 2. The molecule has 5 nitrogen and oxygen atoms in total. The van der Waals surface area contributed by atoms with Crippen LogP contribution in [0.4, 0.5) is 0 Å². The van der Waals surface area contributed by atoms with E-state index in [0.29, 0.717) is 18.2 Å². The lowest BCUT2D eigenvalue weighted by molar-refractivity contribution is -0.771. The Morgan fingerprint density at radius 2 is 2.36 bits per heavy atom. The number of nitrogens with zero attached hydrogens (tertiary/aromatic N) is 2. The summed E-state index contributed by atoms with van der Waals surface area (Å²) < 4.78 is 20.2. The average Bonchev–Trinajstić information content (AvgIpc) is 2.47. The molecular weight excluding hydrogens is 200 g/mol. The van der Waals surface area contributed by atoms with E-state index >= 15 is 0 Å². The van der Waals surface area contributed by atoms with Crippen LogP contribution in [0.1, 0.15) is 25.6 Å². The summed E-state index contributed by atoms with van der Waals surface area (Å²) in [6.07, 6.45) is 3.97. The summed E-state index contributed by atoms with van der Waals surface area (Å²) in [6.45, 7) is 4.08. The summed E-state index contributed by atoms with van der Waals surface area (Å²) in [5.74, 6) is 0.382. The van der Waals surface area contributed by atoms with Crippen LogP contribution in [-0.4, -0.2) is 26.5 Å². The van der Waals surface area contributed by atoms with Crippen molar-refractivity contribution in [3.05, 3.63) is 11.9 Å². The third-order valence-electron chi connectivity index (χ3n) is 1.89. The molecule has 0 aliphatic carbocycles. The van der Waals surface area contributed by atoms with Crippen molar-refractivity contribution in [2.24, 2.45) is 0 Å². The molecule has 1 heterocycles. The molecule has 1 aromatic rings. The third-order valence-corrected chi connectivity index (χ3v) is 2.87. The molecule has 0 saturated heterocycles. The van der Waals surface area contributed by atoms with Gasteiger partial charge in [0, 0.05) is 28.2 Å². The van der Waals surface area contributed by atoms with Gasteiger partial charge < -0.3 is 0 Å². The van der Waals surface area contributed by atoms with Crippen molar-refractivity contribution < 1.29 is 8.89 Å². The highest BCUT2D eigenvalue weighted by atomic mass is 32.2. The van der Waals surface area contributed by atoms with E-state index in [-0.39, 0.29) is 0 Å². The molecule has 0 saturated carbocycles. The van der Waals surface area contributed by atoms with E-state index < -0.39 is 9.73 Å². The highest BCUT2D eigenvalue weighted by Crippen LogP contribution is 1.96. The van der Waals surface area contributed by atoms with Crippen LogP contribution in [0.25, 0.3) is 0 Å². The molecule has 1 unspecified atom stereocenters. The van der Waals surface area contributed by atoms with Gasteiger partial charge in [-0.25, -0.2) is 0 Å². The predicted molar refractivity (Wildman–Crippen MR) is 54.5 cm³/mol. The van der Waals surface area contributed by atoms with Gasteiger partial charge in [0.15, 0.2) is 11.9 Å². The van der Waals surface area contributed by atoms with Crippen LogP contribution in [0.3, 0.4) is 0 Å². The van der Waals surface area contributed by atoms with Gasteiger partial charge in [-0.3, -0.25) is 8.99 Å². The Hall–Kier alpha value is -0.910. The van der Waals surface area contributed by atoms with Gasteiger partial charge in [0.25, 0.3) is 0 Å². The number of H-pyrrole nitrogens is 1. The molecule has 0 spiro atoms. The van der Waals surface area contributed by atoms with Gasteiger partial charge >= 0.3 is 0 Å². The van der Waals surface area contributed by atoms with Crippen molar-refractivity contribution in [3.63, 3.8) is 0 Å². The molecule has 0 amide bonds. The maximum Gasteiger partial charge on any atom is 0.165 e. The quantitative estimate of drug-likeness (QED) is 0.721. The summed E-state index contributed by atoms with van der Waals surface area (Å²) in [4.78, 5) is 0. The fourth-order valence-corrected chi connectivity index (χ4v) is 1.64. The lowest BCUT2D eigenvalue weighted by Crippen LogP contribution is -2.37. The third kappa shape index (κ3) is 3.45. The van der Waals surface area contributed by atoms with Gasteiger partial charge in [0.05, 0.1) is 5.21 Å². The molecule has 1 rings (SSSR count). The first kappa shape index (κ1) is 11.2. The number of aryl methyl sites for hydroxylation is 1. The second-order valence-corrected chi connectivity index (χ2v) is 6.22. The highest BCUT2D eigenvalue weighted by Gasteiger charge is 2.11. The molecule has 0 radical (unpaired) electrons.